The van der Waals surface area contributed by atoms with E-state index >= 15 is 0 Å². The van der Waals surface area contributed by atoms with E-state index in [0.29, 0.717) is 34.1 Å². The Kier molecular flexibility index (Phi) is 7.23. The zero-order valence-corrected chi connectivity index (χ0v) is 23.1. The van der Waals surface area contributed by atoms with Gasteiger partial charge in [0.25, 0.3) is 5.91 Å². The highest BCUT2D eigenvalue weighted by Gasteiger charge is 2.29. The summed E-state index contributed by atoms with van der Waals surface area (Å²) in [4.78, 5) is 31.4. The van der Waals surface area contributed by atoms with Gasteiger partial charge in [0.15, 0.2) is 6.10 Å². The fourth-order valence-electron chi connectivity index (χ4n) is 4.99. The van der Waals surface area contributed by atoms with Crippen molar-refractivity contribution in [2.75, 3.05) is 5.32 Å². The number of amides is 1. The largest absolute Gasteiger partial charge is 0.449 e. The van der Waals surface area contributed by atoms with Gasteiger partial charge in [-0.2, -0.15) is 5.26 Å². The molecule has 1 aliphatic carbocycles. The Hall–Kier alpha value is -4.76. The van der Waals surface area contributed by atoms with Crippen molar-refractivity contribution in [2.45, 2.75) is 52.1 Å². The number of hydrogen-bond acceptors (Lipinski definition) is 5. The first-order valence-electron chi connectivity index (χ1n) is 13.4. The van der Waals surface area contributed by atoms with Crippen LogP contribution in [0.2, 0.25) is 0 Å². The maximum absolute atomic E-state index is 13.6. The quantitative estimate of drug-likeness (QED) is 0.279. The standard InChI is InChI=1S/C34H31N3O3/c1-21(32(38)37-28-11-7-5-9-24(28)20-35)40-33(39)30-26-10-6-8-12-29(26)36-31-23(15-18-27(30)31)19-22-13-16-25(17-14-22)34(2,3)4/h5-14,16-17,19,21H,15,18H2,1-4H3,(H,37,38)/b23-19-/t21-/m1/s1. The number of benzene rings is 3. The average molecular weight is 530 g/mol. The molecule has 40 heavy (non-hydrogen) atoms. The summed E-state index contributed by atoms with van der Waals surface area (Å²) in [6.07, 6.45) is 2.47. The van der Waals surface area contributed by atoms with Crippen LogP contribution in [0.4, 0.5) is 5.69 Å². The van der Waals surface area contributed by atoms with Gasteiger partial charge in [-0.05, 0) is 71.7 Å². The lowest BCUT2D eigenvalue weighted by molar-refractivity contribution is -0.123. The van der Waals surface area contributed by atoms with Crippen LogP contribution >= 0.6 is 0 Å². The molecule has 0 saturated heterocycles. The van der Waals surface area contributed by atoms with E-state index < -0.39 is 18.0 Å². The molecule has 4 aromatic rings. The van der Waals surface area contributed by atoms with Gasteiger partial charge in [0.1, 0.15) is 6.07 Å². The SMILES string of the molecule is C[C@@H](OC(=O)c1c2c(nc3ccccc13)/C(=C\c1ccc(C(C)(C)C)cc1)CC2)C(=O)Nc1ccccc1C#N. The fourth-order valence-corrected chi connectivity index (χ4v) is 4.99. The number of allylic oxidation sites excluding steroid dienone is 1. The number of fused-ring (bicyclic) bond motifs is 2. The number of para-hydroxylation sites is 2. The number of nitriles is 1. The van der Waals surface area contributed by atoms with Crippen molar-refractivity contribution in [1.29, 1.82) is 5.26 Å². The molecule has 6 nitrogen and oxygen atoms in total. The molecule has 1 aliphatic rings. The van der Waals surface area contributed by atoms with Gasteiger partial charge in [-0.25, -0.2) is 9.78 Å². The van der Waals surface area contributed by atoms with E-state index in [2.05, 4.69) is 62.5 Å². The third-order valence-corrected chi connectivity index (χ3v) is 7.22. The van der Waals surface area contributed by atoms with Crippen LogP contribution in [0.5, 0.6) is 0 Å². The molecule has 1 aromatic heterocycles. The first-order chi connectivity index (χ1) is 19.2. The molecule has 5 rings (SSSR count). The molecule has 3 aromatic carbocycles. The molecule has 0 fully saturated rings. The van der Waals surface area contributed by atoms with Gasteiger partial charge < -0.3 is 10.1 Å². The first-order valence-corrected chi connectivity index (χ1v) is 13.4. The molecule has 0 radical (unpaired) electrons. The van der Waals surface area contributed by atoms with Crippen LogP contribution in [0.15, 0.2) is 72.8 Å². The van der Waals surface area contributed by atoms with Crippen molar-refractivity contribution >= 4 is 40.1 Å². The predicted molar refractivity (Wildman–Crippen MR) is 158 cm³/mol. The molecule has 6 heteroatoms. The summed E-state index contributed by atoms with van der Waals surface area (Å²) < 4.78 is 5.69. The summed E-state index contributed by atoms with van der Waals surface area (Å²) in [5.41, 5.74) is 6.98. The number of nitrogens with one attached hydrogen (secondary N) is 1. The van der Waals surface area contributed by atoms with E-state index in [1.165, 1.54) is 12.5 Å². The summed E-state index contributed by atoms with van der Waals surface area (Å²) >= 11 is 0. The summed E-state index contributed by atoms with van der Waals surface area (Å²) in [7, 11) is 0. The van der Waals surface area contributed by atoms with Crippen molar-refractivity contribution in [2.24, 2.45) is 0 Å². The van der Waals surface area contributed by atoms with Crippen molar-refractivity contribution in [1.82, 2.24) is 4.98 Å². The van der Waals surface area contributed by atoms with E-state index in [4.69, 9.17) is 9.72 Å². The fraction of sp³-hybridized carbons (Fsp3) is 0.235. The maximum Gasteiger partial charge on any atom is 0.339 e. The average Bonchev–Trinajstić information content (AvgIpc) is 3.33. The lowest BCUT2D eigenvalue weighted by atomic mass is 9.86. The minimum absolute atomic E-state index is 0.0779. The molecule has 0 saturated carbocycles. The highest BCUT2D eigenvalue weighted by molar-refractivity contribution is 6.08. The van der Waals surface area contributed by atoms with Crippen molar-refractivity contribution in [3.8, 4) is 6.07 Å². The van der Waals surface area contributed by atoms with Crippen molar-refractivity contribution in [3.63, 3.8) is 0 Å². The number of rotatable bonds is 5. The third kappa shape index (κ3) is 5.37. The number of hydrogen-bond donors (Lipinski definition) is 1. The number of carbonyl (C=O) groups excluding carboxylic acids is 2. The molecule has 0 spiro atoms. The number of pyridine rings is 1. The number of anilines is 1. The summed E-state index contributed by atoms with van der Waals surface area (Å²) in [5.74, 6) is -1.08. The first kappa shape index (κ1) is 26.8. The maximum atomic E-state index is 13.6. The molecule has 1 N–H and O–H groups in total. The Morgan fingerprint density at radius 2 is 1.70 bits per heavy atom. The molecule has 0 aliphatic heterocycles. The van der Waals surface area contributed by atoms with Crippen LogP contribution in [0.25, 0.3) is 22.6 Å². The lowest BCUT2D eigenvalue weighted by Crippen LogP contribution is -2.30. The molecule has 0 unspecified atom stereocenters. The second-order valence-corrected chi connectivity index (χ2v) is 11.1. The van der Waals surface area contributed by atoms with Gasteiger partial charge in [-0.1, -0.05) is 75.4 Å². The Morgan fingerprint density at radius 3 is 2.42 bits per heavy atom. The van der Waals surface area contributed by atoms with Gasteiger partial charge in [0.2, 0.25) is 0 Å². The molecule has 0 bridgehead atoms. The van der Waals surface area contributed by atoms with Crippen molar-refractivity contribution in [3.05, 3.63) is 106 Å². The molecule has 1 heterocycles. The van der Waals surface area contributed by atoms with Crippen LogP contribution < -0.4 is 5.32 Å². The molecule has 1 atom stereocenters. The van der Waals surface area contributed by atoms with Gasteiger partial charge >= 0.3 is 5.97 Å². The normalized spacial score (nSPS) is 14.4. The predicted octanol–water partition coefficient (Wildman–Crippen LogP) is 7.07. The number of esters is 1. The zero-order chi connectivity index (χ0) is 28.4. The number of ether oxygens (including phenoxy) is 1. The molecular weight excluding hydrogens is 498 g/mol. The van der Waals surface area contributed by atoms with Gasteiger partial charge in [0.05, 0.1) is 28.0 Å². The van der Waals surface area contributed by atoms with Crippen LogP contribution in [0.1, 0.15) is 72.4 Å². The Balaban J connectivity index is 1.45. The smallest absolute Gasteiger partial charge is 0.339 e. The van der Waals surface area contributed by atoms with E-state index in [1.54, 1.807) is 24.3 Å². The Bertz CT molecular complexity index is 1690. The lowest BCUT2D eigenvalue weighted by Gasteiger charge is -2.18. The van der Waals surface area contributed by atoms with Crippen LogP contribution in [-0.2, 0) is 21.4 Å². The monoisotopic (exact) mass is 529 g/mol. The molecule has 200 valence electrons. The second-order valence-electron chi connectivity index (χ2n) is 11.1. The van der Waals surface area contributed by atoms with E-state index in [9.17, 15) is 14.9 Å². The minimum atomic E-state index is -1.07. The molecule has 1 amide bonds. The number of carbonyl (C=O) groups is 2. The van der Waals surface area contributed by atoms with E-state index in [-0.39, 0.29) is 5.41 Å². The summed E-state index contributed by atoms with van der Waals surface area (Å²) in [6.45, 7) is 8.11. The Morgan fingerprint density at radius 1 is 1.00 bits per heavy atom. The number of aromatic nitrogens is 1. The van der Waals surface area contributed by atoms with E-state index in [1.807, 2.05) is 24.3 Å². The highest BCUT2D eigenvalue weighted by Crippen LogP contribution is 2.38. The van der Waals surface area contributed by atoms with Crippen LogP contribution in [0.3, 0.4) is 0 Å². The van der Waals surface area contributed by atoms with Crippen LogP contribution in [0, 0.1) is 11.3 Å². The van der Waals surface area contributed by atoms with E-state index in [0.717, 1.165) is 28.8 Å². The third-order valence-electron chi connectivity index (χ3n) is 7.22. The highest BCUT2D eigenvalue weighted by atomic mass is 16.5. The van der Waals surface area contributed by atoms with Crippen LogP contribution in [-0.4, -0.2) is 23.0 Å². The van der Waals surface area contributed by atoms with Crippen molar-refractivity contribution < 1.29 is 14.3 Å². The molecular formula is C34H31N3O3. The Labute approximate surface area is 234 Å². The zero-order valence-electron chi connectivity index (χ0n) is 23.1. The second kappa shape index (κ2) is 10.8. The van der Waals surface area contributed by atoms with Gasteiger partial charge in [-0.3, -0.25) is 4.79 Å². The summed E-state index contributed by atoms with van der Waals surface area (Å²) in [5, 5.41) is 12.7. The van der Waals surface area contributed by atoms with Gasteiger partial charge in [0, 0.05) is 5.39 Å². The van der Waals surface area contributed by atoms with Gasteiger partial charge in [-0.15, -0.1) is 0 Å². The summed E-state index contributed by atoms with van der Waals surface area (Å²) in [6, 6.07) is 24.8. The minimum Gasteiger partial charge on any atom is -0.449 e. The topological polar surface area (TPSA) is 92.1 Å². The number of nitrogens with zero attached hydrogens (tertiary/aromatic N) is 2.